The number of carboxylic acid groups (broad SMARTS) is 1. The summed E-state index contributed by atoms with van der Waals surface area (Å²) in [6, 6.07) is 3.40. The van der Waals surface area contributed by atoms with Gasteiger partial charge in [-0.25, -0.2) is 4.79 Å². The first-order valence-electron chi connectivity index (χ1n) is 5.82. The van der Waals surface area contributed by atoms with Crippen LogP contribution >= 0.6 is 11.6 Å². The Kier molecular flexibility index (Phi) is 3.68. The fraction of sp³-hybridized carbons (Fsp3) is 0.308. The highest BCUT2D eigenvalue weighted by atomic mass is 35.5. The van der Waals surface area contributed by atoms with Crippen molar-refractivity contribution in [3.05, 3.63) is 28.4 Å². The van der Waals surface area contributed by atoms with E-state index in [2.05, 4.69) is 4.98 Å². The molecular formula is C13H15ClN2O3. The number of halogens is 1. The minimum absolute atomic E-state index is 0.0780. The van der Waals surface area contributed by atoms with Crippen LogP contribution in [-0.4, -0.2) is 29.7 Å². The minimum atomic E-state index is -1.01. The molecule has 102 valence electrons. The average molecular weight is 283 g/mol. The van der Waals surface area contributed by atoms with Crippen LogP contribution in [0.3, 0.4) is 0 Å². The number of aromatic carboxylic acids is 1. The van der Waals surface area contributed by atoms with Crippen molar-refractivity contribution >= 4 is 28.5 Å². The molecule has 0 bridgehead atoms. The predicted molar refractivity (Wildman–Crippen MR) is 74.3 cm³/mol. The lowest BCUT2D eigenvalue weighted by molar-refractivity contribution is 0.0690. The number of nitrogens with two attached hydrogens (primary N) is 1. The summed E-state index contributed by atoms with van der Waals surface area (Å²) in [6.45, 7) is 2.24. The second-order valence-corrected chi connectivity index (χ2v) is 4.80. The van der Waals surface area contributed by atoms with Gasteiger partial charge in [0.2, 0.25) is 0 Å². The number of rotatable bonds is 4. The minimum Gasteiger partial charge on any atom is -0.495 e. The van der Waals surface area contributed by atoms with Crippen LogP contribution in [0.25, 0.3) is 10.9 Å². The van der Waals surface area contributed by atoms with Crippen LogP contribution in [0.1, 0.15) is 28.9 Å². The molecule has 0 saturated heterocycles. The molecule has 1 atom stereocenters. The van der Waals surface area contributed by atoms with E-state index in [1.165, 1.54) is 7.11 Å². The summed E-state index contributed by atoms with van der Waals surface area (Å²) >= 11 is 6.04. The fourth-order valence-corrected chi connectivity index (χ4v) is 2.41. The van der Waals surface area contributed by atoms with Crippen molar-refractivity contribution in [3.8, 4) is 5.75 Å². The molecule has 0 aliphatic heterocycles. The normalized spacial score (nSPS) is 12.6. The summed E-state index contributed by atoms with van der Waals surface area (Å²) in [5, 5.41) is 10.5. The lowest BCUT2D eigenvalue weighted by Gasteiger charge is -2.10. The summed E-state index contributed by atoms with van der Waals surface area (Å²) in [6.07, 6.45) is 0. The Balaban J connectivity index is 2.79. The van der Waals surface area contributed by atoms with E-state index >= 15 is 0 Å². The maximum atomic E-state index is 11.3. The number of methoxy groups -OCH3 is 1. The molecule has 0 radical (unpaired) electrons. The first-order valence-corrected chi connectivity index (χ1v) is 6.19. The molecule has 2 aromatic rings. The van der Waals surface area contributed by atoms with Crippen molar-refractivity contribution in [2.45, 2.75) is 12.8 Å². The summed E-state index contributed by atoms with van der Waals surface area (Å²) in [4.78, 5) is 14.2. The van der Waals surface area contributed by atoms with Gasteiger partial charge in [-0.2, -0.15) is 0 Å². The van der Waals surface area contributed by atoms with Gasteiger partial charge >= 0.3 is 5.97 Å². The van der Waals surface area contributed by atoms with Crippen molar-refractivity contribution in [1.29, 1.82) is 0 Å². The van der Waals surface area contributed by atoms with Gasteiger partial charge in [-0.3, -0.25) is 0 Å². The Morgan fingerprint density at radius 1 is 1.58 bits per heavy atom. The molecule has 0 saturated carbocycles. The lowest BCUT2D eigenvalue weighted by atomic mass is 9.97. The first-order chi connectivity index (χ1) is 8.99. The smallest absolute Gasteiger partial charge is 0.352 e. The number of nitrogens with one attached hydrogen (secondary N) is 1. The zero-order valence-electron chi connectivity index (χ0n) is 10.7. The molecule has 1 aromatic heterocycles. The fourth-order valence-electron chi connectivity index (χ4n) is 2.17. The lowest BCUT2D eigenvalue weighted by Crippen LogP contribution is -2.12. The average Bonchev–Trinajstić information content (AvgIpc) is 2.75. The summed E-state index contributed by atoms with van der Waals surface area (Å²) in [7, 11) is 1.52. The highest BCUT2D eigenvalue weighted by Crippen LogP contribution is 2.35. The largest absolute Gasteiger partial charge is 0.495 e. The third-order valence-corrected chi connectivity index (χ3v) is 3.47. The van der Waals surface area contributed by atoms with E-state index in [0.717, 1.165) is 5.39 Å². The second kappa shape index (κ2) is 5.11. The van der Waals surface area contributed by atoms with E-state index in [1.54, 1.807) is 12.1 Å². The molecule has 0 aliphatic carbocycles. The van der Waals surface area contributed by atoms with Gasteiger partial charge in [0.1, 0.15) is 11.4 Å². The first kappa shape index (κ1) is 13.7. The molecule has 6 heteroatoms. The maximum Gasteiger partial charge on any atom is 0.352 e. The Bertz CT molecular complexity index is 636. The van der Waals surface area contributed by atoms with Crippen LogP contribution in [0.4, 0.5) is 0 Å². The summed E-state index contributed by atoms with van der Waals surface area (Å²) in [5.41, 5.74) is 7.16. The molecule has 1 unspecified atom stereocenters. The number of hydrogen-bond acceptors (Lipinski definition) is 3. The van der Waals surface area contributed by atoms with E-state index in [4.69, 9.17) is 22.1 Å². The van der Waals surface area contributed by atoms with Gasteiger partial charge < -0.3 is 20.6 Å². The Morgan fingerprint density at radius 2 is 2.26 bits per heavy atom. The molecule has 1 heterocycles. The van der Waals surface area contributed by atoms with Gasteiger partial charge in [-0.1, -0.05) is 18.5 Å². The molecule has 4 N–H and O–H groups in total. The quantitative estimate of drug-likeness (QED) is 0.804. The Labute approximate surface area is 115 Å². The third-order valence-electron chi connectivity index (χ3n) is 3.17. The van der Waals surface area contributed by atoms with Gasteiger partial charge in [0.25, 0.3) is 0 Å². The van der Waals surface area contributed by atoms with Crippen molar-refractivity contribution in [2.75, 3.05) is 13.7 Å². The topological polar surface area (TPSA) is 88.3 Å². The number of fused-ring (bicyclic) bond motifs is 1. The molecule has 2 rings (SSSR count). The van der Waals surface area contributed by atoms with E-state index in [9.17, 15) is 9.90 Å². The molecular weight excluding hydrogens is 268 g/mol. The Morgan fingerprint density at radius 3 is 2.79 bits per heavy atom. The number of benzene rings is 1. The van der Waals surface area contributed by atoms with Crippen molar-refractivity contribution in [2.24, 2.45) is 5.73 Å². The van der Waals surface area contributed by atoms with Crippen LogP contribution in [0.5, 0.6) is 5.75 Å². The molecule has 19 heavy (non-hydrogen) atoms. The van der Waals surface area contributed by atoms with Crippen molar-refractivity contribution in [1.82, 2.24) is 4.98 Å². The number of ether oxygens (including phenoxy) is 1. The molecule has 0 aliphatic rings. The zero-order valence-corrected chi connectivity index (χ0v) is 11.4. The number of carboxylic acids is 1. The molecule has 0 spiro atoms. The highest BCUT2D eigenvalue weighted by molar-refractivity contribution is 6.32. The van der Waals surface area contributed by atoms with Crippen LogP contribution in [-0.2, 0) is 0 Å². The highest BCUT2D eigenvalue weighted by Gasteiger charge is 2.22. The van der Waals surface area contributed by atoms with Gasteiger partial charge in [0.15, 0.2) is 0 Å². The van der Waals surface area contributed by atoms with Crippen molar-refractivity contribution < 1.29 is 14.6 Å². The molecule has 5 nitrogen and oxygen atoms in total. The van der Waals surface area contributed by atoms with Crippen LogP contribution in [0, 0.1) is 0 Å². The standard InChI is InChI=1S/C13H15ClN2O3/c1-6(5-15)11-7-3-10(19-2)8(14)4-9(7)16-12(11)13(17)18/h3-4,6,16H,5,15H2,1-2H3,(H,17,18). The van der Waals surface area contributed by atoms with Gasteiger partial charge in [-0.05, 0) is 30.2 Å². The van der Waals surface area contributed by atoms with Crippen molar-refractivity contribution in [3.63, 3.8) is 0 Å². The summed E-state index contributed by atoms with van der Waals surface area (Å²) < 4.78 is 5.17. The van der Waals surface area contributed by atoms with E-state index in [0.29, 0.717) is 28.4 Å². The number of hydrogen-bond donors (Lipinski definition) is 3. The van der Waals surface area contributed by atoms with Crippen LogP contribution in [0.15, 0.2) is 12.1 Å². The summed E-state index contributed by atoms with van der Waals surface area (Å²) in [5.74, 6) is -0.581. The number of H-pyrrole nitrogens is 1. The number of aromatic amines is 1. The second-order valence-electron chi connectivity index (χ2n) is 4.39. The third kappa shape index (κ3) is 2.27. The zero-order chi connectivity index (χ0) is 14.2. The predicted octanol–water partition coefficient (Wildman–Crippen LogP) is 2.59. The number of aromatic nitrogens is 1. The van der Waals surface area contributed by atoms with Gasteiger partial charge in [0.05, 0.1) is 12.1 Å². The van der Waals surface area contributed by atoms with Gasteiger partial charge in [-0.15, -0.1) is 0 Å². The SMILES string of the molecule is COc1cc2c(C(C)CN)c(C(=O)O)[nH]c2cc1Cl. The molecule has 1 aromatic carbocycles. The maximum absolute atomic E-state index is 11.3. The van der Waals surface area contributed by atoms with Gasteiger partial charge in [0, 0.05) is 10.9 Å². The monoisotopic (exact) mass is 282 g/mol. The van der Waals surface area contributed by atoms with E-state index in [1.807, 2.05) is 6.92 Å². The van der Waals surface area contributed by atoms with E-state index in [-0.39, 0.29) is 11.6 Å². The van der Waals surface area contributed by atoms with Crippen LogP contribution in [0.2, 0.25) is 5.02 Å². The molecule has 0 fully saturated rings. The Hall–Kier alpha value is -1.72. The van der Waals surface area contributed by atoms with Crippen LogP contribution < -0.4 is 10.5 Å². The number of carbonyl (C=O) groups is 1. The van der Waals surface area contributed by atoms with E-state index < -0.39 is 5.97 Å². The molecule has 0 amide bonds.